The number of guanidine groups is 1. The molecule has 1 aliphatic rings. The summed E-state index contributed by atoms with van der Waals surface area (Å²) in [5.41, 5.74) is 2.06. The molecule has 0 aliphatic carbocycles. The van der Waals surface area contributed by atoms with Gasteiger partial charge in [-0.05, 0) is 25.0 Å². The van der Waals surface area contributed by atoms with Crippen molar-refractivity contribution in [3.8, 4) is 0 Å². The van der Waals surface area contributed by atoms with Crippen LogP contribution in [-0.2, 0) is 9.53 Å². The Morgan fingerprint density at radius 3 is 2.33 bits per heavy atom. The highest BCUT2D eigenvalue weighted by Crippen LogP contribution is 2.21. The smallest absolute Gasteiger partial charge is 0.345 e. The standard InChI is InChI=1S/C22H23N3O2/c1-2-20(18-12-7-4-8-13-18)27-21(26)19(17-10-5-3-6-11-17)16-25-22-23-14-9-15-24-22/h2-8,10-13,16H,9,14-15H2,1H3,(H2,23,24,25). The van der Waals surface area contributed by atoms with E-state index in [1.807, 2.05) is 67.6 Å². The normalized spacial score (nSPS) is 14.8. The van der Waals surface area contributed by atoms with E-state index in [2.05, 4.69) is 15.6 Å². The lowest BCUT2D eigenvalue weighted by Gasteiger charge is -2.15. The van der Waals surface area contributed by atoms with Gasteiger partial charge in [0.25, 0.3) is 0 Å². The molecule has 0 atom stereocenters. The number of rotatable bonds is 5. The van der Waals surface area contributed by atoms with Gasteiger partial charge in [0.05, 0.1) is 5.57 Å². The largest absolute Gasteiger partial charge is 0.423 e. The van der Waals surface area contributed by atoms with Crippen LogP contribution in [0.25, 0.3) is 11.3 Å². The van der Waals surface area contributed by atoms with Gasteiger partial charge in [-0.1, -0.05) is 60.7 Å². The van der Waals surface area contributed by atoms with E-state index >= 15 is 0 Å². The summed E-state index contributed by atoms with van der Waals surface area (Å²) in [6.07, 6.45) is 4.44. The van der Waals surface area contributed by atoms with Crippen LogP contribution in [0.15, 0.2) is 77.9 Å². The number of carbonyl (C=O) groups excluding carboxylic acids is 1. The first-order chi connectivity index (χ1) is 13.3. The van der Waals surface area contributed by atoms with Gasteiger partial charge in [-0.25, -0.2) is 4.79 Å². The summed E-state index contributed by atoms with van der Waals surface area (Å²) in [7, 11) is 0. The number of hydrogen-bond acceptors (Lipinski definition) is 5. The molecule has 0 spiro atoms. The van der Waals surface area contributed by atoms with Gasteiger partial charge in [0.1, 0.15) is 5.76 Å². The predicted octanol–water partition coefficient (Wildman–Crippen LogP) is 3.57. The molecule has 0 saturated heterocycles. The lowest BCUT2D eigenvalue weighted by molar-refractivity contribution is -0.130. The Labute approximate surface area is 159 Å². The van der Waals surface area contributed by atoms with E-state index in [1.165, 1.54) is 0 Å². The molecule has 3 rings (SSSR count). The van der Waals surface area contributed by atoms with Crippen molar-refractivity contribution in [2.75, 3.05) is 13.1 Å². The Bertz CT molecular complexity index is 856. The third kappa shape index (κ3) is 5.07. The number of allylic oxidation sites excluding steroid dienone is 1. The van der Waals surface area contributed by atoms with Gasteiger partial charge in [0, 0.05) is 24.9 Å². The molecule has 138 valence electrons. The van der Waals surface area contributed by atoms with Crippen molar-refractivity contribution in [2.24, 2.45) is 4.99 Å². The quantitative estimate of drug-likeness (QED) is 0.485. The minimum absolute atomic E-state index is 0.429. The second-order valence-corrected chi connectivity index (χ2v) is 5.99. The summed E-state index contributed by atoms with van der Waals surface area (Å²) < 4.78 is 5.70. The van der Waals surface area contributed by atoms with Crippen LogP contribution in [0.2, 0.25) is 0 Å². The Hall–Kier alpha value is -3.34. The molecule has 0 fully saturated rings. The molecule has 0 aromatic heterocycles. The number of benzene rings is 2. The number of aliphatic imine (C=N–C) groups is 1. The summed E-state index contributed by atoms with van der Waals surface area (Å²) in [6, 6.07) is 19.0. The molecule has 0 saturated carbocycles. The molecule has 1 aliphatic heterocycles. The molecule has 0 bridgehead atoms. The second kappa shape index (κ2) is 9.38. The van der Waals surface area contributed by atoms with Crippen molar-refractivity contribution in [2.45, 2.75) is 13.3 Å². The fourth-order valence-electron chi connectivity index (χ4n) is 2.69. The summed E-state index contributed by atoms with van der Waals surface area (Å²) >= 11 is 0. The Morgan fingerprint density at radius 1 is 1.07 bits per heavy atom. The van der Waals surface area contributed by atoms with Gasteiger partial charge in [0.2, 0.25) is 0 Å². The molecule has 2 aromatic carbocycles. The zero-order valence-electron chi connectivity index (χ0n) is 15.3. The van der Waals surface area contributed by atoms with Crippen molar-refractivity contribution in [3.05, 3.63) is 84.1 Å². The minimum Gasteiger partial charge on any atom is -0.423 e. The molecule has 5 heteroatoms. The number of esters is 1. The fourth-order valence-corrected chi connectivity index (χ4v) is 2.69. The van der Waals surface area contributed by atoms with Crippen LogP contribution < -0.4 is 10.6 Å². The van der Waals surface area contributed by atoms with Crippen LogP contribution in [0.4, 0.5) is 0 Å². The van der Waals surface area contributed by atoms with Gasteiger partial charge < -0.3 is 15.4 Å². The maximum atomic E-state index is 12.9. The predicted molar refractivity (Wildman–Crippen MR) is 109 cm³/mol. The lowest BCUT2D eigenvalue weighted by Crippen LogP contribution is -2.38. The molecule has 0 unspecified atom stereocenters. The average molecular weight is 361 g/mol. The highest BCUT2D eigenvalue weighted by molar-refractivity contribution is 6.18. The van der Waals surface area contributed by atoms with Gasteiger partial charge in [-0.15, -0.1) is 0 Å². The van der Waals surface area contributed by atoms with E-state index in [0.29, 0.717) is 17.3 Å². The second-order valence-electron chi connectivity index (χ2n) is 5.99. The Balaban J connectivity index is 1.83. The molecule has 0 amide bonds. The van der Waals surface area contributed by atoms with Crippen LogP contribution in [0.5, 0.6) is 0 Å². The van der Waals surface area contributed by atoms with Crippen molar-refractivity contribution < 1.29 is 9.53 Å². The SMILES string of the molecule is CC=C(OC(=O)C(=CNC1=NCCCN1)c1ccccc1)c1ccccc1. The first-order valence-corrected chi connectivity index (χ1v) is 9.02. The minimum atomic E-state index is -0.429. The Morgan fingerprint density at radius 2 is 1.74 bits per heavy atom. The maximum absolute atomic E-state index is 12.9. The number of nitrogens with zero attached hydrogens (tertiary/aromatic N) is 1. The van der Waals surface area contributed by atoms with Crippen LogP contribution >= 0.6 is 0 Å². The molecule has 2 aromatic rings. The molecular formula is C22H23N3O2. The van der Waals surface area contributed by atoms with Crippen molar-refractivity contribution in [3.63, 3.8) is 0 Å². The van der Waals surface area contributed by atoms with E-state index in [1.54, 1.807) is 12.3 Å². The zero-order valence-corrected chi connectivity index (χ0v) is 15.3. The van der Waals surface area contributed by atoms with E-state index in [0.717, 1.165) is 30.6 Å². The van der Waals surface area contributed by atoms with Gasteiger partial charge in [-0.3, -0.25) is 4.99 Å². The molecule has 1 heterocycles. The van der Waals surface area contributed by atoms with Crippen LogP contribution in [0, 0.1) is 0 Å². The molecule has 0 radical (unpaired) electrons. The van der Waals surface area contributed by atoms with E-state index in [9.17, 15) is 4.79 Å². The Kier molecular flexibility index (Phi) is 6.41. The van der Waals surface area contributed by atoms with E-state index in [-0.39, 0.29) is 0 Å². The summed E-state index contributed by atoms with van der Waals surface area (Å²) in [5.74, 6) is 0.759. The number of carbonyl (C=O) groups is 1. The summed E-state index contributed by atoms with van der Waals surface area (Å²) in [4.78, 5) is 17.3. The van der Waals surface area contributed by atoms with Gasteiger partial charge in [0.15, 0.2) is 5.96 Å². The zero-order chi connectivity index (χ0) is 18.9. The van der Waals surface area contributed by atoms with Crippen LogP contribution in [0.1, 0.15) is 24.5 Å². The van der Waals surface area contributed by atoms with Gasteiger partial charge >= 0.3 is 5.97 Å². The number of ether oxygens (including phenoxy) is 1. The van der Waals surface area contributed by atoms with Crippen LogP contribution in [0.3, 0.4) is 0 Å². The third-order valence-electron chi connectivity index (χ3n) is 4.08. The highest BCUT2D eigenvalue weighted by atomic mass is 16.5. The highest BCUT2D eigenvalue weighted by Gasteiger charge is 2.17. The van der Waals surface area contributed by atoms with E-state index in [4.69, 9.17) is 4.74 Å². The fraction of sp³-hybridized carbons (Fsp3) is 0.182. The molecular weight excluding hydrogens is 338 g/mol. The molecule has 5 nitrogen and oxygen atoms in total. The topological polar surface area (TPSA) is 62.7 Å². The molecule has 27 heavy (non-hydrogen) atoms. The van der Waals surface area contributed by atoms with Crippen molar-refractivity contribution in [1.82, 2.24) is 10.6 Å². The van der Waals surface area contributed by atoms with Crippen molar-refractivity contribution in [1.29, 1.82) is 0 Å². The van der Waals surface area contributed by atoms with Crippen LogP contribution in [-0.4, -0.2) is 25.0 Å². The monoisotopic (exact) mass is 361 g/mol. The van der Waals surface area contributed by atoms with E-state index < -0.39 is 5.97 Å². The van der Waals surface area contributed by atoms with Gasteiger partial charge in [-0.2, -0.15) is 0 Å². The van der Waals surface area contributed by atoms with Crippen molar-refractivity contribution >= 4 is 23.3 Å². The maximum Gasteiger partial charge on any atom is 0.345 e. The number of nitrogens with one attached hydrogen (secondary N) is 2. The summed E-state index contributed by atoms with van der Waals surface area (Å²) in [5, 5.41) is 6.26. The first-order valence-electron chi connectivity index (χ1n) is 9.02. The lowest BCUT2D eigenvalue weighted by atomic mass is 10.1. The third-order valence-corrected chi connectivity index (χ3v) is 4.08. The number of hydrogen-bond donors (Lipinski definition) is 2. The first kappa shape index (κ1) is 18.5. The average Bonchev–Trinajstić information content (AvgIpc) is 2.74. The molecule has 2 N–H and O–H groups in total. The summed E-state index contributed by atoms with van der Waals surface area (Å²) in [6.45, 7) is 3.48.